The average Bonchev–Trinajstić information content (AvgIpc) is 3.57. The van der Waals surface area contributed by atoms with Gasteiger partial charge in [0.25, 0.3) is 0 Å². The van der Waals surface area contributed by atoms with Crippen molar-refractivity contribution in [2.75, 3.05) is 0 Å². The van der Waals surface area contributed by atoms with Crippen LogP contribution in [-0.2, 0) is 3.83 Å². The van der Waals surface area contributed by atoms with E-state index in [-0.39, 0.29) is 0 Å². The second-order valence-electron chi connectivity index (χ2n) is 8.25. The predicted octanol–water partition coefficient (Wildman–Crippen LogP) is 5.35. The second kappa shape index (κ2) is 7.87. The van der Waals surface area contributed by atoms with Gasteiger partial charge >= 0.3 is 151 Å². The van der Waals surface area contributed by atoms with Crippen LogP contribution in [0.15, 0.2) is 102 Å². The van der Waals surface area contributed by atoms with Crippen LogP contribution in [0.5, 0.6) is 11.5 Å². The van der Waals surface area contributed by atoms with Crippen LogP contribution in [0, 0.1) is 0 Å². The molecule has 0 N–H and O–H groups in total. The Morgan fingerprint density at radius 2 is 1.66 bits per heavy atom. The Morgan fingerprint density at radius 1 is 0.800 bits per heavy atom. The zero-order chi connectivity index (χ0) is 23.4. The minimum atomic E-state index is -2.15. The van der Waals surface area contributed by atoms with Gasteiger partial charge in [-0.2, -0.15) is 0 Å². The molecule has 0 saturated heterocycles. The summed E-state index contributed by atoms with van der Waals surface area (Å²) in [5.74, 6) is 2.29. The van der Waals surface area contributed by atoms with E-state index >= 15 is 0 Å². The quantitative estimate of drug-likeness (QED) is 0.294. The standard InChI is InChI=1S/C28H18N4O2Se/c33-35-15-13-19-18-31(30-28(19)35)20-6-5-7-21(16-20)34-22-11-12-24-23-8-1-2-9-25(23)32(26(24)17-22)27-10-3-4-14-29-27/h1-18H. The summed E-state index contributed by atoms with van der Waals surface area (Å²) in [6.45, 7) is 0. The van der Waals surface area contributed by atoms with Gasteiger partial charge in [0.1, 0.15) is 0 Å². The van der Waals surface area contributed by atoms with Crippen molar-refractivity contribution in [3.8, 4) is 23.0 Å². The first kappa shape index (κ1) is 20.1. The van der Waals surface area contributed by atoms with Crippen LogP contribution in [0.2, 0.25) is 0 Å². The first-order valence-electron chi connectivity index (χ1n) is 11.2. The van der Waals surface area contributed by atoms with Crippen molar-refractivity contribution in [2.45, 2.75) is 0 Å². The topological polar surface area (TPSA) is 61.9 Å². The van der Waals surface area contributed by atoms with E-state index in [0.29, 0.717) is 10.3 Å². The number of aromatic nitrogens is 4. The van der Waals surface area contributed by atoms with Crippen molar-refractivity contribution >= 4 is 46.3 Å². The van der Waals surface area contributed by atoms with Gasteiger partial charge in [-0.3, -0.25) is 0 Å². The number of hydrogen-bond acceptors (Lipinski definition) is 4. The molecule has 1 aliphatic heterocycles. The predicted molar refractivity (Wildman–Crippen MR) is 137 cm³/mol. The number of rotatable bonds is 4. The molecule has 0 amide bonds. The number of fused-ring (bicyclic) bond motifs is 4. The van der Waals surface area contributed by atoms with E-state index in [9.17, 15) is 3.83 Å². The van der Waals surface area contributed by atoms with Crippen LogP contribution in [0.25, 0.3) is 39.4 Å². The van der Waals surface area contributed by atoms with E-state index in [2.05, 4.69) is 45.0 Å². The van der Waals surface area contributed by atoms with Crippen LogP contribution in [0.3, 0.4) is 0 Å². The third-order valence-corrected chi connectivity index (χ3v) is 8.38. The molecule has 6 aromatic rings. The number of benzene rings is 3. The van der Waals surface area contributed by atoms with Gasteiger partial charge in [0.05, 0.1) is 0 Å². The fourth-order valence-electron chi connectivity index (χ4n) is 4.55. The summed E-state index contributed by atoms with van der Waals surface area (Å²) in [6.07, 6.45) is 5.59. The molecular weight excluding hydrogens is 503 g/mol. The molecule has 3 aromatic carbocycles. The molecule has 168 valence electrons. The Balaban J connectivity index is 1.30. The van der Waals surface area contributed by atoms with Gasteiger partial charge in [-0.1, -0.05) is 24.3 Å². The molecule has 0 saturated carbocycles. The first-order chi connectivity index (χ1) is 17.2. The van der Waals surface area contributed by atoms with Crippen LogP contribution < -0.4 is 9.33 Å². The monoisotopic (exact) mass is 522 g/mol. The van der Waals surface area contributed by atoms with Gasteiger partial charge in [0.2, 0.25) is 0 Å². The first-order valence-corrected chi connectivity index (χ1v) is 13.7. The Hall–Kier alpha value is -4.32. The Labute approximate surface area is 204 Å². The summed E-state index contributed by atoms with van der Waals surface area (Å²) in [7, 11) is 0. The third-order valence-electron chi connectivity index (χ3n) is 6.11. The summed E-state index contributed by atoms with van der Waals surface area (Å²) in [4.78, 5) is 6.35. The molecule has 0 fully saturated rings. The van der Waals surface area contributed by atoms with Gasteiger partial charge in [-0.25, -0.2) is 4.98 Å². The Kier molecular flexibility index (Phi) is 4.52. The van der Waals surface area contributed by atoms with Crippen molar-refractivity contribution in [3.05, 3.63) is 108 Å². The van der Waals surface area contributed by atoms with Crippen molar-refractivity contribution in [2.24, 2.45) is 0 Å². The Morgan fingerprint density at radius 3 is 2.54 bits per heavy atom. The number of pyridine rings is 1. The fourth-order valence-corrected chi connectivity index (χ4v) is 6.48. The van der Waals surface area contributed by atoms with Gasteiger partial charge < -0.3 is 0 Å². The summed E-state index contributed by atoms with van der Waals surface area (Å²) in [6, 6.07) is 28.1. The van der Waals surface area contributed by atoms with Gasteiger partial charge in [0, 0.05) is 6.20 Å². The molecule has 7 rings (SSSR count). The number of ether oxygens (including phenoxy) is 1. The second-order valence-corrected chi connectivity index (χ2v) is 10.9. The zero-order valence-electron chi connectivity index (χ0n) is 18.4. The number of hydrogen-bond donors (Lipinski definition) is 0. The van der Waals surface area contributed by atoms with E-state index in [4.69, 9.17) is 4.74 Å². The van der Waals surface area contributed by atoms with E-state index < -0.39 is 13.8 Å². The number of nitrogens with zero attached hydrogens (tertiary/aromatic N) is 4. The summed E-state index contributed by atoms with van der Waals surface area (Å²) >= 11 is -2.15. The molecule has 0 aliphatic carbocycles. The van der Waals surface area contributed by atoms with Crippen molar-refractivity contribution in [1.82, 2.24) is 19.3 Å². The van der Waals surface area contributed by atoms with Gasteiger partial charge in [-0.15, -0.1) is 0 Å². The van der Waals surface area contributed by atoms with Crippen LogP contribution in [0.4, 0.5) is 0 Å². The van der Waals surface area contributed by atoms with Crippen molar-refractivity contribution in [1.29, 1.82) is 0 Å². The molecule has 1 unspecified atom stereocenters. The minimum absolute atomic E-state index is 0.684. The van der Waals surface area contributed by atoms with E-state index in [0.717, 1.165) is 39.2 Å². The number of para-hydroxylation sites is 1. The van der Waals surface area contributed by atoms with E-state index in [1.54, 1.807) is 15.9 Å². The third kappa shape index (κ3) is 3.33. The maximum atomic E-state index is 12.1. The molecule has 3 aromatic heterocycles. The van der Waals surface area contributed by atoms with Crippen molar-refractivity contribution in [3.63, 3.8) is 0 Å². The molecule has 1 atom stereocenters. The van der Waals surface area contributed by atoms with E-state index in [1.807, 2.05) is 66.9 Å². The van der Waals surface area contributed by atoms with Gasteiger partial charge in [-0.05, 0) is 18.2 Å². The van der Waals surface area contributed by atoms with Crippen LogP contribution >= 0.6 is 0 Å². The fraction of sp³-hybridized carbons (Fsp3) is 0. The molecule has 1 aliphatic rings. The molecule has 6 nitrogen and oxygen atoms in total. The summed E-state index contributed by atoms with van der Waals surface area (Å²) in [5, 5.41) is 6.84. The molecule has 0 bridgehead atoms. The SMILES string of the molecule is O=[Se]1C=Cc2cn(-c3cccc(Oc4ccc5c6ccccc6n(-c6ccccn6)c5c4)c3)nc21. The molecule has 35 heavy (non-hydrogen) atoms. The molecule has 7 heteroatoms. The van der Waals surface area contributed by atoms with Crippen LogP contribution in [-0.4, -0.2) is 33.2 Å². The summed E-state index contributed by atoms with van der Waals surface area (Å²) in [5.41, 5.74) is 3.90. The average molecular weight is 521 g/mol. The van der Waals surface area contributed by atoms with Crippen molar-refractivity contribution < 1.29 is 8.57 Å². The summed E-state index contributed by atoms with van der Waals surface area (Å²) < 4.78 is 23.0. The molecular formula is C28H18N4O2Se. The molecule has 0 radical (unpaired) electrons. The maximum absolute atomic E-state index is 12.1. The normalized spacial score (nSPS) is 14.6. The van der Waals surface area contributed by atoms with Crippen LogP contribution in [0.1, 0.15) is 5.56 Å². The van der Waals surface area contributed by atoms with Gasteiger partial charge in [0.15, 0.2) is 0 Å². The molecule has 0 spiro atoms. The van der Waals surface area contributed by atoms with E-state index in [1.165, 1.54) is 5.39 Å². The Bertz CT molecular complexity index is 1800. The zero-order valence-corrected chi connectivity index (χ0v) is 20.1. The molecule has 4 heterocycles.